The minimum absolute atomic E-state index is 0.105. The predicted octanol–water partition coefficient (Wildman–Crippen LogP) is 6.66. The third-order valence-electron chi connectivity index (χ3n) is 8.10. The normalized spacial score (nSPS) is 20.9. The maximum atomic E-state index is 12.5. The summed E-state index contributed by atoms with van der Waals surface area (Å²) in [5.41, 5.74) is 6.02. The molecule has 4 heteroatoms. The molecular weight excluding hydrogens is 430 g/mol. The molecule has 6 rings (SSSR count). The second-order valence-electron chi connectivity index (χ2n) is 10.4. The number of fused-ring (bicyclic) bond motifs is 2. The zero-order valence-corrected chi connectivity index (χ0v) is 20.2. The Bertz CT molecular complexity index is 1360. The van der Waals surface area contributed by atoms with Gasteiger partial charge in [-0.25, -0.2) is 4.98 Å². The monoisotopic (exact) mass is 463 g/mol. The molecule has 2 atom stereocenters. The Balaban J connectivity index is 1.28. The first-order valence-corrected chi connectivity index (χ1v) is 13.1. The van der Waals surface area contributed by atoms with E-state index >= 15 is 0 Å². The molecular formula is C31H33N3O. The van der Waals surface area contributed by atoms with Crippen LogP contribution in [-0.4, -0.2) is 28.0 Å². The average Bonchev–Trinajstić information content (AvgIpc) is 3.14. The summed E-state index contributed by atoms with van der Waals surface area (Å²) in [5.74, 6) is 1.85. The van der Waals surface area contributed by atoms with Gasteiger partial charge in [-0.05, 0) is 54.5 Å². The van der Waals surface area contributed by atoms with E-state index in [0.29, 0.717) is 5.39 Å². The lowest BCUT2D eigenvalue weighted by atomic mass is 9.82. The van der Waals surface area contributed by atoms with Crippen LogP contribution in [0.2, 0.25) is 0 Å². The first-order valence-electron chi connectivity index (χ1n) is 13.1. The Morgan fingerprint density at radius 1 is 0.857 bits per heavy atom. The zero-order valence-electron chi connectivity index (χ0n) is 20.2. The van der Waals surface area contributed by atoms with E-state index in [0.717, 1.165) is 46.3 Å². The minimum Gasteiger partial charge on any atom is -0.328 e. The number of hydrogen-bond donors (Lipinski definition) is 1. The molecule has 0 radical (unpaired) electrons. The van der Waals surface area contributed by atoms with Gasteiger partial charge in [0, 0.05) is 30.4 Å². The van der Waals surface area contributed by atoms with Gasteiger partial charge in [0.25, 0.3) is 5.56 Å². The van der Waals surface area contributed by atoms with Gasteiger partial charge in [-0.3, -0.25) is 9.69 Å². The van der Waals surface area contributed by atoms with Gasteiger partial charge in [0.1, 0.15) is 0 Å². The third-order valence-corrected chi connectivity index (χ3v) is 8.10. The van der Waals surface area contributed by atoms with Crippen molar-refractivity contribution in [3.8, 4) is 22.4 Å². The van der Waals surface area contributed by atoms with Crippen LogP contribution in [0.5, 0.6) is 0 Å². The number of nitrogens with one attached hydrogen (secondary N) is 1. The van der Waals surface area contributed by atoms with Gasteiger partial charge in [0.15, 0.2) is 0 Å². The Morgan fingerprint density at radius 2 is 1.66 bits per heavy atom. The van der Waals surface area contributed by atoms with Crippen LogP contribution in [0.1, 0.15) is 44.1 Å². The fourth-order valence-electron chi connectivity index (χ4n) is 6.19. The molecule has 0 spiro atoms. The van der Waals surface area contributed by atoms with Crippen molar-refractivity contribution in [3.63, 3.8) is 0 Å². The van der Waals surface area contributed by atoms with Gasteiger partial charge in [0.2, 0.25) is 0 Å². The second-order valence-corrected chi connectivity index (χ2v) is 10.4. The Hall–Kier alpha value is -3.24. The summed E-state index contributed by atoms with van der Waals surface area (Å²) in [4.78, 5) is 22.8. The van der Waals surface area contributed by atoms with Crippen LogP contribution in [0, 0.1) is 11.8 Å². The molecule has 178 valence electrons. The van der Waals surface area contributed by atoms with Crippen molar-refractivity contribution in [1.29, 1.82) is 0 Å². The van der Waals surface area contributed by atoms with E-state index in [-0.39, 0.29) is 5.56 Å². The molecule has 2 aliphatic rings. The van der Waals surface area contributed by atoms with Crippen molar-refractivity contribution in [3.05, 3.63) is 88.8 Å². The Labute approximate surface area is 207 Å². The molecule has 1 aliphatic heterocycles. The van der Waals surface area contributed by atoms with E-state index in [4.69, 9.17) is 4.98 Å². The SMILES string of the molecule is O=c1[nH]ccc2nc(-c3ccc(CN4CCC5CCCCCC5C4)cc3)c(-c3ccccc3)cc12. The van der Waals surface area contributed by atoms with Gasteiger partial charge in [-0.15, -0.1) is 0 Å². The van der Waals surface area contributed by atoms with Crippen LogP contribution in [-0.2, 0) is 6.54 Å². The lowest BCUT2D eigenvalue weighted by molar-refractivity contribution is 0.108. The van der Waals surface area contributed by atoms with Crippen molar-refractivity contribution in [2.75, 3.05) is 13.1 Å². The van der Waals surface area contributed by atoms with Crippen molar-refractivity contribution < 1.29 is 0 Å². The number of H-pyrrole nitrogens is 1. The van der Waals surface area contributed by atoms with Crippen LogP contribution in [0.15, 0.2) is 77.7 Å². The fraction of sp³-hybridized carbons (Fsp3) is 0.355. The Morgan fingerprint density at radius 3 is 2.49 bits per heavy atom. The number of rotatable bonds is 4. The standard InChI is InChI=1S/C31H33N3O/c35-31-28-19-27(24-8-4-2-5-9-24)30(33-29(28)15-17-32-31)25-13-11-22(12-14-25)20-34-18-16-23-7-3-1-6-10-26(23)21-34/h2,4-5,8-9,11-15,17,19,23,26H,1,3,6-7,10,16,18,20-21H2,(H,32,35). The van der Waals surface area contributed by atoms with E-state index in [1.54, 1.807) is 6.20 Å². The molecule has 0 bridgehead atoms. The Kier molecular flexibility index (Phi) is 6.22. The summed E-state index contributed by atoms with van der Waals surface area (Å²) < 4.78 is 0. The molecule has 1 saturated heterocycles. The van der Waals surface area contributed by atoms with Crippen molar-refractivity contribution in [1.82, 2.24) is 14.9 Å². The van der Waals surface area contributed by atoms with Gasteiger partial charge in [-0.1, -0.05) is 80.3 Å². The van der Waals surface area contributed by atoms with E-state index in [1.165, 1.54) is 57.2 Å². The third kappa shape index (κ3) is 4.68. The molecule has 1 aliphatic carbocycles. The molecule has 1 saturated carbocycles. The molecule has 2 unspecified atom stereocenters. The molecule has 0 amide bonds. The summed E-state index contributed by atoms with van der Waals surface area (Å²) in [6.45, 7) is 3.50. The van der Waals surface area contributed by atoms with Crippen LogP contribution in [0.25, 0.3) is 33.3 Å². The van der Waals surface area contributed by atoms with Crippen LogP contribution in [0.3, 0.4) is 0 Å². The average molecular weight is 464 g/mol. The lowest BCUT2D eigenvalue weighted by Gasteiger charge is -2.38. The van der Waals surface area contributed by atoms with Gasteiger partial charge < -0.3 is 4.98 Å². The summed E-state index contributed by atoms with van der Waals surface area (Å²) in [6.07, 6.45) is 10.2. The molecule has 2 aromatic carbocycles. The number of likely N-dealkylation sites (tertiary alicyclic amines) is 1. The first-order chi connectivity index (χ1) is 17.2. The molecule has 4 nitrogen and oxygen atoms in total. The molecule has 2 aromatic heterocycles. The second kappa shape index (κ2) is 9.79. The van der Waals surface area contributed by atoms with Crippen molar-refractivity contribution >= 4 is 10.9 Å². The van der Waals surface area contributed by atoms with E-state index < -0.39 is 0 Å². The van der Waals surface area contributed by atoms with Gasteiger partial charge in [-0.2, -0.15) is 0 Å². The van der Waals surface area contributed by atoms with Crippen molar-refractivity contribution in [2.45, 2.75) is 45.1 Å². The smallest absolute Gasteiger partial charge is 0.257 e. The highest BCUT2D eigenvalue weighted by Crippen LogP contribution is 2.36. The van der Waals surface area contributed by atoms with E-state index in [2.05, 4.69) is 46.3 Å². The number of aromatic amines is 1. The largest absolute Gasteiger partial charge is 0.328 e. The summed E-state index contributed by atoms with van der Waals surface area (Å²) in [7, 11) is 0. The van der Waals surface area contributed by atoms with Crippen LogP contribution in [0.4, 0.5) is 0 Å². The van der Waals surface area contributed by atoms with E-state index in [1.807, 2.05) is 30.3 Å². The highest BCUT2D eigenvalue weighted by Gasteiger charge is 2.29. The molecule has 3 heterocycles. The molecule has 1 N–H and O–H groups in total. The fourth-order valence-corrected chi connectivity index (χ4v) is 6.19. The quantitative estimate of drug-likeness (QED) is 0.368. The number of pyridine rings is 2. The summed E-state index contributed by atoms with van der Waals surface area (Å²) in [6, 6.07) is 23.0. The topological polar surface area (TPSA) is 49.0 Å². The van der Waals surface area contributed by atoms with Crippen LogP contribution < -0.4 is 5.56 Å². The van der Waals surface area contributed by atoms with E-state index in [9.17, 15) is 4.79 Å². The summed E-state index contributed by atoms with van der Waals surface area (Å²) >= 11 is 0. The number of nitrogens with zero attached hydrogens (tertiary/aromatic N) is 2. The van der Waals surface area contributed by atoms with Gasteiger partial charge >= 0.3 is 0 Å². The van der Waals surface area contributed by atoms with Crippen LogP contribution >= 0.6 is 0 Å². The number of piperidine rings is 1. The zero-order chi connectivity index (χ0) is 23.6. The van der Waals surface area contributed by atoms with Crippen molar-refractivity contribution in [2.24, 2.45) is 11.8 Å². The maximum Gasteiger partial charge on any atom is 0.257 e. The number of benzene rings is 2. The lowest BCUT2D eigenvalue weighted by Crippen LogP contribution is -2.39. The minimum atomic E-state index is -0.105. The molecule has 4 aromatic rings. The summed E-state index contributed by atoms with van der Waals surface area (Å²) in [5, 5.41) is 0.619. The predicted molar refractivity (Wildman–Crippen MR) is 143 cm³/mol. The highest BCUT2D eigenvalue weighted by atomic mass is 16.1. The molecule has 2 fully saturated rings. The number of aromatic nitrogens is 2. The first kappa shape index (κ1) is 22.2. The molecule has 35 heavy (non-hydrogen) atoms. The van der Waals surface area contributed by atoms with Gasteiger partial charge in [0.05, 0.1) is 16.6 Å². The number of hydrogen-bond acceptors (Lipinski definition) is 3. The highest BCUT2D eigenvalue weighted by molar-refractivity contribution is 5.91. The maximum absolute atomic E-state index is 12.5.